The second-order valence-electron chi connectivity index (χ2n) is 4.30. The van der Waals surface area contributed by atoms with Gasteiger partial charge in [0.1, 0.15) is 0 Å². The van der Waals surface area contributed by atoms with Gasteiger partial charge in [-0.2, -0.15) is 17.7 Å². The van der Waals surface area contributed by atoms with Crippen LogP contribution < -0.4 is 0 Å². The molecule has 0 fully saturated rings. The molecule has 0 aliphatic rings. The summed E-state index contributed by atoms with van der Waals surface area (Å²) in [6.07, 6.45) is 2.32. The first kappa shape index (κ1) is 16.2. The molecule has 0 aliphatic carbocycles. The van der Waals surface area contributed by atoms with E-state index in [1.165, 1.54) is 22.3 Å². The fourth-order valence-electron chi connectivity index (χ4n) is 1.69. The minimum Gasteiger partial charge on any atom is -0.745 e. The zero-order chi connectivity index (χ0) is 12.0. The largest absolute Gasteiger partial charge is 0.745 e. The molecule has 0 saturated carbocycles. The molecule has 0 nitrogen and oxygen atoms in total. The SMILES string of the molecule is CC[c-]1[cH-][cH-][c-](C)[cH-]1.CC[c-]1ccc(C)c1.[Fe]. The fraction of sp³-hybridized carbons (Fsp3) is 0.375. The predicted molar refractivity (Wildman–Crippen MR) is 72.3 cm³/mol. The molecule has 1 heteroatoms. The van der Waals surface area contributed by atoms with Crippen LogP contribution in [0.4, 0.5) is 0 Å². The maximum Gasteiger partial charge on any atom is 0 e. The Hall–Kier alpha value is -0.781. The fourth-order valence-corrected chi connectivity index (χ4v) is 1.69. The van der Waals surface area contributed by atoms with Gasteiger partial charge in [0.05, 0.1) is 0 Å². The molecule has 0 aromatic heterocycles. The van der Waals surface area contributed by atoms with Crippen LogP contribution in [0.1, 0.15) is 36.1 Å². The monoisotopic (exact) mass is 270 g/mol. The minimum atomic E-state index is 0. The molecule has 0 unspecified atom stereocenters. The molecule has 0 spiro atoms. The van der Waals surface area contributed by atoms with Gasteiger partial charge in [-0.25, -0.2) is 25.0 Å². The molecular weight excluding hydrogens is 248 g/mol. The molecule has 2 rings (SSSR count). The van der Waals surface area contributed by atoms with Crippen LogP contribution in [0.25, 0.3) is 0 Å². The van der Waals surface area contributed by atoms with Crippen molar-refractivity contribution < 1.29 is 17.1 Å². The zero-order valence-electron chi connectivity index (χ0n) is 11.2. The maximum absolute atomic E-state index is 2.22. The molecule has 2 aromatic carbocycles. The standard InChI is InChI=1S/2C8H11.Fe/c2*1-3-8-5-4-7(2)6-8;/h2*4-6H,3H2,1-2H3;/q-5;-1;. The van der Waals surface area contributed by atoms with Crippen molar-refractivity contribution in [2.75, 3.05) is 0 Å². The van der Waals surface area contributed by atoms with Crippen LogP contribution >= 0.6 is 0 Å². The first-order valence-corrected chi connectivity index (χ1v) is 6.10. The molecule has 0 atom stereocenters. The van der Waals surface area contributed by atoms with Crippen LogP contribution in [0.2, 0.25) is 0 Å². The smallest absolute Gasteiger partial charge is 0 e. The Morgan fingerprint density at radius 1 is 1.18 bits per heavy atom. The van der Waals surface area contributed by atoms with E-state index in [4.69, 9.17) is 0 Å². The van der Waals surface area contributed by atoms with E-state index in [0.717, 1.165) is 12.8 Å². The summed E-state index contributed by atoms with van der Waals surface area (Å²) < 4.78 is 0. The third-order valence-electron chi connectivity index (χ3n) is 2.76. The number of rotatable bonds is 2. The first-order valence-electron chi connectivity index (χ1n) is 6.10. The van der Waals surface area contributed by atoms with Crippen LogP contribution in [0.15, 0.2) is 36.4 Å². The summed E-state index contributed by atoms with van der Waals surface area (Å²) in [5.74, 6) is 0. The topological polar surface area (TPSA) is 0 Å². The van der Waals surface area contributed by atoms with Gasteiger partial charge in [0, 0.05) is 17.1 Å². The Labute approximate surface area is 116 Å². The zero-order valence-corrected chi connectivity index (χ0v) is 12.3. The molecule has 0 aliphatic heterocycles. The molecule has 0 bridgehead atoms. The number of hydrogen-bond acceptors (Lipinski definition) is 0. The third-order valence-corrected chi connectivity index (χ3v) is 2.76. The molecule has 0 amide bonds. The summed E-state index contributed by atoms with van der Waals surface area (Å²) in [4.78, 5) is 0. The quantitative estimate of drug-likeness (QED) is 0.554. The average molecular weight is 270 g/mol. The molecule has 0 radical (unpaired) electrons. The Kier molecular flexibility index (Phi) is 7.95. The number of aryl methyl sites for hydroxylation is 4. The van der Waals surface area contributed by atoms with E-state index in [1.807, 2.05) is 0 Å². The molecule has 0 saturated heterocycles. The van der Waals surface area contributed by atoms with Crippen molar-refractivity contribution in [3.8, 4) is 0 Å². The summed E-state index contributed by atoms with van der Waals surface area (Å²) in [5, 5.41) is 0. The van der Waals surface area contributed by atoms with Crippen molar-refractivity contribution >= 4 is 0 Å². The van der Waals surface area contributed by atoms with Gasteiger partial charge >= 0.3 is 0 Å². The normalized spacial score (nSPS) is 9.18. The van der Waals surface area contributed by atoms with Gasteiger partial charge in [0.15, 0.2) is 0 Å². The summed E-state index contributed by atoms with van der Waals surface area (Å²) in [5.41, 5.74) is 5.65. The van der Waals surface area contributed by atoms with Gasteiger partial charge in [-0.15, -0.1) is 0 Å². The van der Waals surface area contributed by atoms with E-state index in [9.17, 15) is 0 Å². The van der Waals surface area contributed by atoms with Gasteiger partial charge in [-0.3, -0.25) is 0 Å². The maximum atomic E-state index is 2.22. The summed E-state index contributed by atoms with van der Waals surface area (Å²) >= 11 is 0. The van der Waals surface area contributed by atoms with Gasteiger partial charge < -0.3 is 29.3 Å². The summed E-state index contributed by atoms with van der Waals surface area (Å²) in [6, 6.07) is 13.1. The van der Waals surface area contributed by atoms with Crippen molar-refractivity contribution in [2.45, 2.75) is 40.5 Å². The molecule has 17 heavy (non-hydrogen) atoms. The van der Waals surface area contributed by atoms with Crippen molar-refractivity contribution in [3.63, 3.8) is 0 Å². The Bertz CT molecular complexity index is 366. The van der Waals surface area contributed by atoms with E-state index in [2.05, 4.69) is 64.1 Å². The molecule has 0 heterocycles. The molecule has 100 valence electrons. The Balaban J connectivity index is 0.000000284. The van der Waals surface area contributed by atoms with Crippen molar-refractivity contribution in [2.24, 2.45) is 0 Å². The van der Waals surface area contributed by atoms with E-state index < -0.39 is 0 Å². The van der Waals surface area contributed by atoms with Crippen molar-refractivity contribution in [1.82, 2.24) is 0 Å². The Morgan fingerprint density at radius 3 is 2.12 bits per heavy atom. The van der Waals surface area contributed by atoms with Crippen LogP contribution in [0, 0.1) is 13.8 Å². The minimum absolute atomic E-state index is 0. The first-order chi connectivity index (χ1) is 7.65. The van der Waals surface area contributed by atoms with Gasteiger partial charge in [-0.05, 0) is 0 Å². The third kappa shape index (κ3) is 5.91. The average Bonchev–Trinajstić information content (AvgIpc) is 2.88. The van der Waals surface area contributed by atoms with Gasteiger partial charge in [0.25, 0.3) is 0 Å². The second kappa shape index (κ2) is 8.33. The van der Waals surface area contributed by atoms with E-state index >= 15 is 0 Å². The van der Waals surface area contributed by atoms with E-state index in [1.54, 1.807) is 0 Å². The van der Waals surface area contributed by atoms with Gasteiger partial charge in [-0.1, -0.05) is 27.2 Å². The molecule has 2 aromatic rings. The van der Waals surface area contributed by atoms with Crippen LogP contribution in [0.3, 0.4) is 0 Å². The van der Waals surface area contributed by atoms with Crippen molar-refractivity contribution in [3.05, 3.63) is 58.7 Å². The van der Waals surface area contributed by atoms with Crippen LogP contribution in [-0.4, -0.2) is 0 Å². The van der Waals surface area contributed by atoms with Crippen LogP contribution in [0.5, 0.6) is 0 Å². The second-order valence-corrected chi connectivity index (χ2v) is 4.30. The molecule has 0 N–H and O–H groups in total. The van der Waals surface area contributed by atoms with Gasteiger partial charge in [0.2, 0.25) is 0 Å². The van der Waals surface area contributed by atoms with Crippen LogP contribution in [-0.2, 0) is 29.9 Å². The van der Waals surface area contributed by atoms with Crippen molar-refractivity contribution in [1.29, 1.82) is 0 Å². The predicted octanol–water partition coefficient (Wildman–Crippen LogP) is 4.55. The summed E-state index contributed by atoms with van der Waals surface area (Å²) in [6.45, 7) is 8.60. The summed E-state index contributed by atoms with van der Waals surface area (Å²) in [7, 11) is 0. The number of hydrogen-bond donors (Lipinski definition) is 0. The molecular formula is C16H22Fe-6. The van der Waals surface area contributed by atoms with E-state index in [-0.39, 0.29) is 17.1 Å². The Morgan fingerprint density at radius 2 is 1.88 bits per heavy atom. The van der Waals surface area contributed by atoms with E-state index in [0.29, 0.717) is 0 Å².